The number of aliphatic hydroxyl groups excluding tert-OH is 1. The fourth-order valence-electron chi connectivity index (χ4n) is 1.59. The van der Waals surface area contributed by atoms with Gasteiger partial charge in [-0.15, -0.1) is 6.58 Å². The van der Waals surface area contributed by atoms with E-state index in [1.54, 1.807) is 0 Å². The first-order valence-electron chi connectivity index (χ1n) is 5.80. The number of carboxylic acid groups (broad SMARTS) is 1. The molecular weight excluding hydrogens is 267 g/mol. The van der Waals surface area contributed by atoms with Crippen molar-refractivity contribution in [1.29, 1.82) is 0 Å². The van der Waals surface area contributed by atoms with Gasteiger partial charge in [-0.3, -0.25) is 0 Å². The average molecular weight is 282 g/mol. The first-order valence-corrected chi connectivity index (χ1v) is 5.80. The quantitative estimate of drug-likeness (QED) is 0.690. The van der Waals surface area contributed by atoms with Crippen molar-refractivity contribution in [2.75, 3.05) is 25.0 Å². The summed E-state index contributed by atoms with van der Waals surface area (Å²) >= 11 is 0. The molecule has 0 aromatic heterocycles. The summed E-state index contributed by atoms with van der Waals surface area (Å²) < 4.78 is 13.4. The van der Waals surface area contributed by atoms with Gasteiger partial charge in [-0.2, -0.15) is 0 Å². The van der Waals surface area contributed by atoms with Gasteiger partial charge in [-0.1, -0.05) is 12.1 Å². The molecule has 1 aromatic carbocycles. The van der Waals surface area contributed by atoms with Gasteiger partial charge in [0, 0.05) is 13.1 Å². The van der Waals surface area contributed by atoms with Crippen LogP contribution in [0.3, 0.4) is 0 Å². The predicted octanol–water partition coefficient (Wildman–Crippen LogP) is 1.54. The van der Waals surface area contributed by atoms with E-state index in [0.29, 0.717) is 0 Å². The molecule has 0 heterocycles. The molecular formula is C13H15FN2O4. The fourth-order valence-corrected chi connectivity index (χ4v) is 1.59. The Morgan fingerprint density at radius 1 is 1.45 bits per heavy atom. The third kappa shape index (κ3) is 3.79. The van der Waals surface area contributed by atoms with Gasteiger partial charge in [0.15, 0.2) is 0 Å². The summed E-state index contributed by atoms with van der Waals surface area (Å²) in [6, 6.07) is 2.93. The molecule has 0 spiro atoms. The van der Waals surface area contributed by atoms with Crippen molar-refractivity contribution in [3.8, 4) is 0 Å². The number of carboxylic acids is 1. The first-order chi connectivity index (χ1) is 9.51. The van der Waals surface area contributed by atoms with Crippen LogP contribution in [-0.2, 0) is 0 Å². The molecule has 0 atom stereocenters. The van der Waals surface area contributed by atoms with Crippen molar-refractivity contribution < 1.29 is 24.2 Å². The summed E-state index contributed by atoms with van der Waals surface area (Å²) in [5.74, 6) is -2.41. The van der Waals surface area contributed by atoms with Crippen LogP contribution in [-0.4, -0.2) is 46.8 Å². The molecule has 1 aromatic rings. The number of benzene rings is 1. The molecule has 20 heavy (non-hydrogen) atoms. The van der Waals surface area contributed by atoms with Gasteiger partial charge >= 0.3 is 12.0 Å². The third-order valence-electron chi connectivity index (χ3n) is 2.48. The lowest BCUT2D eigenvalue weighted by atomic mass is 10.1. The van der Waals surface area contributed by atoms with E-state index in [4.69, 9.17) is 10.2 Å². The molecule has 0 saturated heterocycles. The van der Waals surface area contributed by atoms with E-state index in [-0.39, 0.29) is 25.4 Å². The SMILES string of the molecule is C=CCN(CCO)C(=O)Nc1cccc(F)c1C(=O)O. The number of aliphatic hydroxyl groups is 1. The second-order valence-electron chi connectivity index (χ2n) is 3.86. The molecule has 0 radical (unpaired) electrons. The number of nitrogens with zero attached hydrogens (tertiary/aromatic N) is 1. The van der Waals surface area contributed by atoms with Crippen molar-refractivity contribution in [3.05, 3.63) is 42.2 Å². The lowest BCUT2D eigenvalue weighted by Crippen LogP contribution is -2.37. The zero-order valence-electron chi connectivity index (χ0n) is 10.7. The minimum atomic E-state index is -1.48. The maximum Gasteiger partial charge on any atom is 0.340 e. The van der Waals surface area contributed by atoms with Gasteiger partial charge < -0.3 is 20.4 Å². The molecule has 0 saturated carbocycles. The Bertz CT molecular complexity index is 519. The maximum absolute atomic E-state index is 13.4. The van der Waals surface area contributed by atoms with Crippen LogP contribution in [0.2, 0.25) is 0 Å². The number of hydrogen-bond donors (Lipinski definition) is 3. The molecule has 1 rings (SSSR count). The molecule has 0 aliphatic heterocycles. The summed E-state index contributed by atoms with van der Waals surface area (Å²) in [5.41, 5.74) is -0.752. The highest BCUT2D eigenvalue weighted by Gasteiger charge is 2.19. The Morgan fingerprint density at radius 2 is 2.15 bits per heavy atom. The number of anilines is 1. The van der Waals surface area contributed by atoms with Crippen molar-refractivity contribution >= 4 is 17.7 Å². The van der Waals surface area contributed by atoms with Crippen LogP contribution in [0.15, 0.2) is 30.9 Å². The highest BCUT2D eigenvalue weighted by atomic mass is 19.1. The van der Waals surface area contributed by atoms with Crippen LogP contribution in [0, 0.1) is 5.82 Å². The Kier molecular flexibility index (Phi) is 5.67. The van der Waals surface area contributed by atoms with E-state index in [1.807, 2.05) is 0 Å². The summed E-state index contributed by atoms with van der Waals surface area (Å²) in [6.45, 7) is 3.44. The monoisotopic (exact) mass is 282 g/mol. The molecule has 0 fully saturated rings. The van der Waals surface area contributed by atoms with Gasteiger partial charge in [0.25, 0.3) is 0 Å². The molecule has 0 bridgehead atoms. The van der Waals surface area contributed by atoms with Gasteiger partial charge in [0.2, 0.25) is 0 Å². The average Bonchev–Trinajstić information content (AvgIpc) is 2.38. The predicted molar refractivity (Wildman–Crippen MR) is 71.2 cm³/mol. The Labute approximate surface area is 115 Å². The van der Waals surface area contributed by atoms with E-state index < -0.39 is 23.4 Å². The normalized spacial score (nSPS) is 9.90. The summed E-state index contributed by atoms with van der Waals surface area (Å²) in [5, 5.41) is 20.1. The topological polar surface area (TPSA) is 89.9 Å². The molecule has 0 unspecified atom stereocenters. The molecule has 7 heteroatoms. The summed E-state index contributed by atoms with van der Waals surface area (Å²) in [6.07, 6.45) is 1.46. The second-order valence-corrected chi connectivity index (χ2v) is 3.86. The summed E-state index contributed by atoms with van der Waals surface area (Å²) in [7, 11) is 0. The van der Waals surface area contributed by atoms with E-state index >= 15 is 0 Å². The fraction of sp³-hybridized carbons (Fsp3) is 0.231. The Morgan fingerprint density at radius 3 is 2.70 bits per heavy atom. The first kappa shape index (κ1) is 15.6. The van der Waals surface area contributed by atoms with E-state index in [9.17, 15) is 14.0 Å². The standard InChI is InChI=1S/C13H15FN2O4/c1-2-6-16(7-8-17)13(20)15-10-5-3-4-9(14)11(10)12(18)19/h2-5,17H,1,6-8H2,(H,15,20)(H,18,19). The van der Waals surface area contributed by atoms with Crippen LogP contribution >= 0.6 is 0 Å². The number of aromatic carboxylic acids is 1. The van der Waals surface area contributed by atoms with Gasteiger partial charge in [-0.05, 0) is 12.1 Å². The van der Waals surface area contributed by atoms with Crippen molar-refractivity contribution in [2.45, 2.75) is 0 Å². The largest absolute Gasteiger partial charge is 0.478 e. The molecule has 6 nitrogen and oxygen atoms in total. The van der Waals surface area contributed by atoms with E-state index in [1.165, 1.54) is 23.1 Å². The van der Waals surface area contributed by atoms with Crippen LogP contribution in [0.1, 0.15) is 10.4 Å². The van der Waals surface area contributed by atoms with Gasteiger partial charge in [0.1, 0.15) is 11.4 Å². The Balaban J connectivity index is 2.97. The molecule has 0 aliphatic carbocycles. The number of urea groups is 1. The van der Waals surface area contributed by atoms with Gasteiger partial charge in [-0.25, -0.2) is 14.0 Å². The minimum Gasteiger partial charge on any atom is -0.478 e. The van der Waals surface area contributed by atoms with Crippen LogP contribution in [0.5, 0.6) is 0 Å². The smallest absolute Gasteiger partial charge is 0.340 e. The number of rotatable bonds is 6. The molecule has 2 amide bonds. The second kappa shape index (κ2) is 7.25. The van der Waals surface area contributed by atoms with Crippen molar-refractivity contribution in [1.82, 2.24) is 4.90 Å². The maximum atomic E-state index is 13.4. The van der Waals surface area contributed by atoms with E-state index in [2.05, 4.69) is 11.9 Å². The number of nitrogens with one attached hydrogen (secondary N) is 1. The van der Waals surface area contributed by atoms with Crippen molar-refractivity contribution in [2.24, 2.45) is 0 Å². The number of halogens is 1. The highest BCUT2D eigenvalue weighted by Crippen LogP contribution is 2.19. The third-order valence-corrected chi connectivity index (χ3v) is 2.48. The lowest BCUT2D eigenvalue weighted by molar-refractivity contribution is 0.0693. The van der Waals surface area contributed by atoms with Crippen LogP contribution in [0.4, 0.5) is 14.9 Å². The Hall–Kier alpha value is -2.41. The summed E-state index contributed by atoms with van der Waals surface area (Å²) in [4.78, 5) is 24.1. The zero-order valence-corrected chi connectivity index (χ0v) is 10.7. The van der Waals surface area contributed by atoms with Crippen LogP contribution < -0.4 is 5.32 Å². The highest BCUT2D eigenvalue weighted by molar-refractivity contribution is 6.00. The van der Waals surface area contributed by atoms with Crippen molar-refractivity contribution in [3.63, 3.8) is 0 Å². The molecule has 108 valence electrons. The van der Waals surface area contributed by atoms with Gasteiger partial charge in [0.05, 0.1) is 12.3 Å². The van der Waals surface area contributed by atoms with Crippen LogP contribution in [0.25, 0.3) is 0 Å². The molecule has 0 aliphatic rings. The number of carbonyl (C=O) groups is 2. The number of amides is 2. The lowest BCUT2D eigenvalue weighted by Gasteiger charge is -2.21. The number of carbonyl (C=O) groups excluding carboxylic acids is 1. The zero-order chi connectivity index (χ0) is 15.1. The van der Waals surface area contributed by atoms with E-state index in [0.717, 1.165) is 6.07 Å². The number of hydrogen-bond acceptors (Lipinski definition) is 3. The molecule has 3 N–H and O–H groups in total. The minimum absolute atomic E-state index is 0.0512.